The number of rotatable bonds is 5. The summed E-state index contributed by atoms with van der Waals surface area (Å²) in [5.41, 5.74) is 1.17. The molecule has 0 aromatic heterocycles. The molecule has 0 unspecified atom stereocenters. The first-order valence-corrected chi connectivity index (χ1v) is 7.62. The molecular weight excluding hydrogens is 290 g/mol. The highest BCUT2D eigenvalue weighted by molar-refractivity contribution is 8.13. The fourth-order valence-electron chi connectivity index (χ4n) is 1.94. The molecule has 0 bridgehead atoms. The molecule has 0 atom stereocenters. The van der Waals surface area contributed by atoms with Crippen LogP contribution < -0.4 is 10.6 Å². The summed E-state index contributed by atoms with van der Waals surface area (Å²) in [7, 11) is 1.57. The summed E-state index contributed by atoms with van der Waals surface area (Å²) < 4.78 is 0. The molecule has 2 rings (SSSR count). The van der Waals surface area contributed by atoms with Crippen LogP contribution in [0.5, 0.6) is 0 Å². The average Bonchev–Trinajstić information content (AvgIpc) is 2.90. The zero-order chi connectivity index (χ0) is 15.2. The zero-order valence-electron chi connectivity index (χ0n) is 11.7. The molecule has 1 aliphatic heterocycles. The molecule has 0 radical (unpaired) electrons. The molecule has 1 saturated heterocycles. The molecule has 6 nitrogen and oxygen atoms in total. The molecular formula is C14H17N3O3S. The van der Waals surface area contributed by atoms with Gasteiger partial charge in [0.1, 0.15) is 0 Å². The van der Waals surface area contributed by atoms with E-state index in [0.717, 1.165) is 5.75 Å². The second-order valence-electron chi connectivity index (χ2n) is 4.56. The van der Waals surface area contributed by atoms with Gasteiger partial charge in [-0.2, -0.15) is 0 Å². The van der Waals surface area contributed by atoms with Crippen molar-refractivity contribution in [2.24, 2.45) is 0 Å². The largest absolute Gasteiger partial charge is 0.355 e. The monoisotopic (exact) mass is 307 g/mol. The standard InChI is InChI=1S/C14H17N3O3S/c1-15-13(19)10-2-4-11(5-3-10)16-12(18)6-7-17-8-9-21-14(17)20/h2-5H,6-9H2,1H3,(H,15,19)(H,16,18). The van der Waals surface area contributed by atoms with E-state index in [-0.39, 0.29) is 23.5 Å². The number of hydrogen-bond donors (Lipinski definition) is 2. The van der Waals surface area contributed by atoms with Gasteiger partial charge < -0.3 is 15.5 Å². The Morgan fingerprint density at radius 1 is 1.29 bits per heavy atom. The van der Waals surface area contributed by atoms with Gasteiger partial charge in [0.2, 0.25) is 5.91 Å². The lowest BCUT2D eigenvalue weighted by molar-refractivity contribution is -0.116. The fraction of sp³-hybridized carbons (Fsp3) is 0.357. The predicted octanol–water partition coefficient (Wildman–Crippen LogP) is 1.54. The normalized spacial score (nSPS) is 14.1. The van der Waals surface area contributed by atoms with E-state index in [1.165, 1.54) is 11.8 Å². The Balaban J connectivity index is 1.82. The van der Waals surface area contributed by atoms with Gasteiger partial charge in [0.15, 0.2) is 0 Å². The maximum Gasteiger partial charge on any atom is 0.281 e. The highest BCUT2D eigenvalue weighted by Crippen LogP contribution is 2.17. The Hall–Kier alpha value is -2.02. The van der Waals surface area contributed by atoms with Crippen molar-refractivity contribution in [1.29, 1.82) is 0 Å². The van der Waals surface area contributed by atoms with E-state index in [1.807, 2.05) is 0 Å². The number of nitrogens with zero attached hydrogens (tertiary/aromatic N) is 1. The minimum absolute atomic E-state index is 0.0396. The summed E-state index contributed by atoms with van der Waals surface area (Å²) in [6, 6.07) is 6.66. The van der Waals surface area contributed by atoms with Gasteiger partial charge >= 0.3 is 0 Å². The van der Waals surface area contributed by atoms with E-state index < -0.39 is 0 Å². The lowest BCUT2D eigenvalue weighted by Crippen LogP contribution is -2.27. The molecule has 3 amide bonds. The van der Waals surface area contributed by atoms with Crippen molar-refractivity contribution in [2.45, 2.75) is 6.42 Å². The lowest BCUT2D eigenvalue weighted by Gasteiger charge is -2.14. The second-order valence-corrected chi connectivity index (χ2v) is 5.60. The number of anilines is 1. The van der Waals surface area contributed by atoms with Crippen LogP contribution in [0.15, 0.2) is 24.3 Å². The molecule has 0 spiro atoms. The number of carbonyl (C=O) groups excluding carboxylic acids is 3. The van der Waals surface area contributed by atoms with E-state index in [0.29, 0.717) is 24.3 Å². The number of hydrogen-bond acceptors (Lipinski definition) is 4. The van der Waals surface area contributed by atoms with Gasteiger partial charge in [-0.25, -0.2) is 0 Å². The van der Waals surface area contributed by atoms with Gasteiger partial charge in [-0.05, 0) is 24.3 Å². The van der Waals surface area contributed by atoms with Crippen molar-refractivity contribution in [2.75, 3.05) is 31.2 Å². The van der Waals surface area contributed by atoms with Crippen LogP contribution in [0.1, 0.15) is 16.8 Å². The first-order valence-electron chi connectivity index (χ1n) is 6.64. The minimum Gasteiger partial charge on any atom is -0.355 e. The van der Waals surface area contributed by atoms with Crippen LogP contribution in [-0.2, 0) is 4.79 Å². The van der Waals surface area contributed by atoms with Crippen LogP contribution >= 0.6 is 11.8 Å². The van der Waals surface area contributed by atoms with Crippen LogP contribution in [0.3, 0.4) is 0 Å². The lowest BCUT2D eigenvalue weighted by atomic mass is 10.2. The minimum atomic E-state index is -0.169. The van der Waals surface area contributed by atoms with E-state index in [9.17, 15) is 14.4 Å². The van der Waals surface area contributed by atoms with E-state index in [1.54, 1.807) is 36.2 Å². The van der Waals surface area contributed by atoms with Crippen molar-refractivity contribution in [3.63, 3.8) is 0 Å². The van der Waals surface area contributed by atoms with Crippen LogP contribution in [0.25, 0.3) is 0 Å². The Morgan fingerprint density at radius 2 is 2.00 bits per heavy atom. The zero-order valence-corrected chi connectivity index (χ0v) is 12.5. The predicted molar refractivity (Wildman–Crippen MR) is 82.5 cm³/mol. The highest BCUT2D eigenvalue weighted by Gasteiger charge is 2.21. The topological polar surface area (TPSA) is 78.5 Å². The second kappa shape index (κ2) is 7.12. The van der Waals surface area contributed by atoms with Crippen molar-refractivity contribution in [1.82, 2.24) is 10.2 Å². The quantitative estimate of drug-likeness (QED) is 0.865. The molecule has 1 aromatic carbocycles. The molecule has 7 heteroatoms. The molecule has 21 heavy (non-hydrogen) atoms. The van der Waals surface area contributed by atoms with Gasteiger partial charge in [-0.1, -0.05) is 11.8 Å². The molecule has 1 heterocycles. The van der Waals surface area contributed by atoms with Gasteiger partial charge in [0.05, 0.1) is 0 Å². The smallest absolute Gasteiger partial charge is 0.281 e. The summed E-state index contributed by atoms with van der Waals surface area (Å²) >= 11 is 1.28. The van der Waals surface area contributed by atoms with Gasteiger partial charge in [0, 0.05) is 43.6 Å². The first-order chi connectivity index (χ1) is 10.1. The van der Waals surface area contributed by atoms with Crippen molar-refractivity contribution < 1.29 is 14.4 Å². The van der Waals surface area contributed by atoms with E-state index >= 15 is 0 Å². The van der Waals surface area contributed by atoms with Gasteiger partial charge in [-0.15, -0.1) is 0 Å². The Bertz CT molecular complexity index is 545. The van der Waals surface area contributed by atoms with Crippen LogP contribution in [0.4, 0.5) is 10.5 Å². The molecule has 0 saturated carbocycles. The number of amides is 3. The van der Waals surface area contributed by atoms with Crippen molar-refractivity contribution in [3.05, 3.63) is 29.8 Å². The van der Waals surface area contributed by atoms with Crippen LogP contribution in [-0.4, -0.2) is 47.8 Å². The van der Waals surface area contributed by atoms with Crippen LogP contribution in [0, 0.1) is 0 Å². The molecule has 0 aliphatic carbocycles. The Labute approximate surface area is 127 Å². The third-order valence-electron chi connectivity index (χ3n) is 3.11. The maximum absolute atomic E-state index is 11.8. The van der Waals surface area contributed by atoms with Crippen molar-refractivity contribution in [3.8, 4) is 0 Å². The summed E-state index contributed by atoms with van der Waals surface area (Å²) in [6.45, 7) is 1.14. The molecule has 1 fully saturated rings. The highest BCUT2D eigenvalue weighted by atomic mass is 32.2. The number of carbonyl (C=O) groups is 3. The van der Waals surface area contributed by atoms with Gasteiger partial charge in [-0.3, -0.25) is 14.4 Å². The molecule has 1 aliphatic rings. The molecule has 2 N–H and O–H groups in total. The SMILES string of the molecule is CNC(=O)c1ccc(NC(=O)CCN2CCSC2=O)cc1. The number of thioether (sulfide) groups is 1. The average molecular weight is 307 g/mol. The van der Waals surface area contributed by atoms with E-state index in [2.05, 4.69) is 10.6 Å². The maximum atomic E-state index is 11.8. The Kier molecular flexibility index (Phi) is 5.21. The fourth-order valence-corrected chi connectivity index (χ4v) is 2.79. The summed E-state index contributed by atoms with van der Waals surface area (Å²) in [5.74, 6) is 0.479. The molecule has 112 valence electrons. The summed E-state index contributed by atoms with van der Waals surface area (Å²) in [5, 5.41) is 5.32. The first kappa shape index (κ1) is 15.4. The van der Waals surface area contributed by atoms with Crippen molar-refractivity contribution >= 4 is 34.5 Å². The van der Waals surface area contributed by atoms with Crippen LogP contribution in [0.2, 0.25) is 0 Å². The summed E-state index contributed by atoms with van der Waals surface area (Å²) in [6.07, 6.45) is 0.267. The third kappa shape index (κ3) is 4.22. The third-order valence-corrected chi connectivity index (χ3v) is 4.00. The number of benzene rings is 1. The Morgan fingerprint density at radius 3 is 2.57 bits per heavy atom. The van der Waals surface area contributed by atoms with E-state index in [4.69, 9.17) is 0 Å². The molecule has 1 aromatic rings. The van der Waals surface area contributed by atoms with Gasteiger partial charge in [0.25, 0.3) is 11.1 Å². The number of nitrogens with one attached hydrogen (secondary N) is 2. The summed E-state index contributed by atoms with van der Waals surface area (Å²) in [4.78, 5) is 36.3.